The van der Waals surface area contributed by atoms with E-state index >= 15 is 0 Å². The van der Waals surface area contributed by atoms with Crippen molar-refractivity contribution in [2.45, 2.75) is 19.6 Å². The lowest BCUT2D eigenvalue weighted by molar-refractivity contribution is -0.916. The van der Waals surface area contributed by atoms with Crippen molar-refractivity contribution in [3.63, 3.8) is 0 Å². The average molecular weight is 252 g/mol. The molecule has 0 aromatic rings. The van der Waals surface area contributed by atoms with Crippen LogP contribution in [0.25, 0.3) is 0 Å². The molecule has 0 radical (unpaired) electrons. The van der Waals surface area contributed by atoms with Gasteiger partial charge in [0.15, 0.2) is 0 Å². The Hall–Kier alpha value is -0.350. The number of rotatable bonds is 4. The lowest BCUT2D eigenvalue weighted by Crippen LogP contribution is -3.00. The molecule has 0 aliphatic heterocycles. The molecule has 0 bridgehead atoms. The minimum absolute atomic E-state index is 0. The highest BCUT2D eigenvalue weighted by Crippen LogP contribution is 2.08. The van der Waals surface area contributed by atoms with Gasteiger partial charge in [-0.2, -0.15) is 0 Å². The molecular weight excluding hydrogens is 234 g/mol. The topological polar surface area (TPSA) is 26.3 Å². The molecule has 0 saturated heterocycles. The van der Waals surface area contributed by atoms with Crippen LogP contribution in [0.1, 0.15) is 13.3 Å². The predicted molar refractivity (Wildman–Crippen MR) is 48.4 cm³/mol. The smallest absolute Gasteiger partial charge is 0.334 e. The minimum atomic E-state index is -0.352. The van der Waals surface area contributed by atoms with Gasteiger partial charge in [-0.15, -0.1) is 0 Å². The van der Waals surface area contributed by atoms with E-state index < -0.39 is 0 Å². The third-order valence-electron chi connectivity index (χ3n) is 1.63. The summed E-state index contributed by atoms with van der Waals surface area (Å²) in [6, 6.07) is 0. The molecule has 0 amide bonds. The van der Waals surface area contributed by atoms with Crippen molar-refractivity contribution in [1.29, 1.82) is 0 Å². The van der Waals surface area contributed by atoms with Gasteiger partial charge in [-0.3, -0.25) is 4.48 Å². The number of carbonyl (C=O) groups is 1. The first kappa shape index (κ1) is 15.1. The van der Waals surface area contributed by atoms with Gasteiger partial charge in [-0.1, -0.05) is 13.5 Å². The number of carbonyl (C=O) groups excluding carboxylic acids is 1. The highest BCUT2D eigenvalue weighted by Gasteiger charge is 2.24. The second-order valence-corrected chi connectivity index (χ2v) is 3.62. The van der Waals surface area contributed by atoms with Gasteiger partial charge in [0.1, 0.15) is 0 Å². The fourth-order valence-corrected chi connectivity index (χ4v) is 0.971. The first-order chi connectivity index (χ1) is 5.41. The van der Waals surface area contributed by atoms with Crippen molar-refractivity contribution in [2.24, 2.45) is 0 Å². The molecule has 1 atom stereocenters. The van der Waals surface area contributed by atoms with Crippen molar-refractivity contribution in [1.82, 2.24) is 0 Å². The lowest BCUT2D eigenvalue weighted by atomic mass is 10.3. The largest absolute Gasteiger partial charge is 1.00 e. The second kappa shape index (κ2) is 6.16. The fourth-order valence-electron chi connectivity index (χ4n) is 0.971. The Morgan fingerprint density at radius 3 is 2.23 bits per heavy atom. The van der Waals surface area contributed by atoms with Gasteiger partial charge in [-0.05, 0) is 0 Å². The molecule has 0 aliphatic rings. The number of nitrogens with zero attached hydrogens (tertiary/aromatic N) is 1. The van der Waals surface area contributed by atoms with Gasteiger partial charge in [0.05, 0.1) is 21.1 Å². The van der Waals surface area contributed by atoms with E-state index in [1.807, 2.05) is 28.1 Å². The number of hydrogen-bond donors (Lipinski definition) is 0. The number of hydrogen-bond acceptors (Lipinski definition) is 2. The van der Waals surface area contributed by atoms with Gasteiger partial charge in [0.25, 0.3) is 0 Å². The predicted octanol–water partition coefficient (Wildman–Crippen LogP) is -1.84. The molecule has 0 aromatic carbocycles. The monoisotopic (exact) mass is 251 g/mol. The Morgan fingerprint density at radius 1 is 1.54 bits per heavy atom. The molecule has 4 heteroatoms. The molecule has 0 aromatic heterocycles. The van der Waals surface area contributed by atoms with E-state index in [-0.39, 0.29) is 29.2 Å². The first-order valence-corrected chi connectivity index (χ1v) is 4.06. The van der Waals surface area contributed by atoms with Crippen LogP contribution in [0, 0.1) is 0 Å². The maximum Gasteiger partial charge on any atom is 0.334 e. The van der Waals surface area contributed by atoms with E-state index in [1.54, 1.807) is 0 Å². The van der Waals surface area contributed by atoms with Gasteiger partial charge in [0, 0.05) is 12.5 Å². The van der Waals surface area contributed by atoms with Crippen LogP contribution < -0.4 is 17.0 Å². The molecule has 13 heavy (non-hydrogen) atoms. The van der Waals surface area contributed by atoms with Gasteiger partial charge in [0.2, 0.25) is 6.23 Å². The zero-order chi connectivity index (χ0) is 9.78. The van der Waals surface area contributed by atoms with E-state index in [0.29, 0.717) is 4.48 Å². The van der Waals surface area contributed by atoms with E-state index in [0.717, 1.165) is 6.42 Å². The Bertz CT molecular complexity index is 175. The van der Waals surface area contributed by atoms with E-state index in [1.165, 1.54) is 6.08 Å². The van der Waals surface area contributed by atoms with Crippen LogP contribution in [-0.4, -0.2) is 37.8 Å². The summed E-state index contributed by atoms with van der Waals surface area (Å²) < 4.78 is 5.75. The maximum absolute atomic E-state index is 10.9. The molecule has 78 valence electrons. The standard InChI is InChI=1S/C9H18NO2.BrH/c1-6-8(10(3,4)5)12-9(11)7-2;/h7-8H,2,6H2,1,3-5H3;1H/q+1;/p-1. The summed E-state index contributed by atoms with van der Waals surface area (Å²) in [4.78, 5) is 10.9. The second-order valence-electron chi connectivity index (χ2n) is 3.62. The van der Waals surface area contributed by atoms with Crippen LogP contribution in [0.3, 0.4) is 0 Å². The lowest BCUT2D eigenvalue weighted by Gasteiger charge is -2.32. The fraction of sp³-hybridized carbons (Fsp3) is 0.667. The molecule has 3 nitrogen and oxygen atoms in total. The summed E-state index contributed by atoms with van der Waals surface area (Å²) in [5, 5.41) is 0. The molecule has 0 rings (SSSR count). The van der Waals surface area contributed by atoms with Crippen LogP contribution in [0.2, 0.25) is 0 Å². The van der Waals surface area contributed by atoms with E-state index in [2.05, 4.69) is 6.58 Å². The molecular formula is C9H18BrNO2. The summed E-state index contributed by atoms with van der Waals surface area (Å²) >= 11 is 0. The van der Waals surface area contributed by atoms with Crippen LogP contribution in [-0.2, 0) is 9.53 Å². The van der Waals surface area contributed by atoms with Crippen molar-refractivity contribution >= 4 is 5.97 Å². The van der Waals surface area contributed by atoms with E-state index in [9.17, 15) is 4.79 Å². The minimum Gasteiger partial charge on any atom is -1.00 e. The summed E-state index contributed by atoms with van der Waals surface area (Å²) in [5.74, 6) is -0.352. The van der Waals surface area contributed by atoms with Crippen LogP contribution in [0.4, 0.5) is 0 Å². The molecule has 0 heterocycles. The van der Waals surface area contributed by atoms with Crippen molar-refractivity contribution < 1.29 is 31.0 Å². The van der Waals surface area contributed by atoms with Gasteiger partial charge >= 0.3 is 5.97 Å². The molecule has 0 fully saturated rings. The van der Waals surface area contributed by atoms with Gasteiger partial charge in [-0.25, -0.2) is 4.79 Å². The van der Waals surface area contributed by atoms with Crippen LogP contribution >= 0.6 is 0 Å². The Morgan fingerprint density at radius 2 is 2.00 bits per heavy atom. The summed E-state index contributed by atoms with van der Waals surface area (Å²) in [7, 11) is 5.97. The van der Waals surface area contributed by atoms with E-state index in [4.69, 9.17) is 4.74 Å². The highest BCUT2D eigenvalue weighted by atomic mass is 79.9. The number of quaternary nitrogens is 1. The molecule has 0 saturated carbocycles. The van der Waals surface area contributed by atoms with Gasteiger partial charge < -0.3 is 21.7 Å². The molecule has 1 unspecified atom stereocenters. The maximum atomic E-state index is 10.9. The molecule has 0 N–H and O–H groups in total. The Labute approximate surface area is 90.7 Å². The summed E-state index contributed by atoms with van der Waals surface area (Å²) in [5.41, 5.74) is 0. The quantitative estimate of drug-likeness (QED) is 0.254. The highest BCUT2D eigenvalue weighted by molar-refractivity contribution is 5.81. The Balaban J connectivity index is 0. The van der Waals surface area contributed by atoms with Crippen LogP contribution in [0.5, 0.6) is 0 Å². The summed E-state index contributed by atoms with van der Waals surface area (Å²) in [6.07, 6.45) is 1.91. The molecule has 0 spiro atoms. The number of esters is 1. The third kappa shape index (κ3) is 5.82. The zero-order valence-corrected chi connectivity index (χ0v) is 10.3. The van der Waals surface area contributed by atoms with Crippen molar-refractivity contribution in [2.75, 3.05) is 21.1 Å². The SMILES string of the molecule is C=CC(=O)OC(CC)[N+](C)(C)C.[Br-]. The Kier molecular flexibility index (Phi) is 7.17. The van der Waals surface area contributed by atoms with Crippen LogP contribution in [0.15, 0.2) is 12.7 Å². The number of halogens is 1. The van der Waals surface area contributed by atoms with Crippen molar-refractivity contribution in [3.05, 3.63) is 12.7 Å². The van der Waals surface area contributed by atoms with Crippen molar-refractivity contribution in [3.8, 4) is 0 Å². The first-order valence-electron chi connectivity index (χ1n) is 4.06. The average Bonchev–Trinajstić information content (AvgIpc) is 1.97. The third-order valence-corrected chi connectivity index (χ3v) is 1.63. The zero-order valence-electron chi connectivity index (χ0n) is 8.71. The normalized spacial score (nSPS) is 12.6. The summed E-state index contributed by atoms with van der Waals surface area (Å²) in [6.45, 7) is 5.34. The molecule has 0 aliphatic carbocycles. The number of ether oxygens (including phenoxy) is 1.